The van der Waals surface area contributed by atoms with Gasteiger partial charge in [0.15, 0.2) is 0 Å². The van der Waals surface area contributed by atoms with Crippen LogP contribution in [-0.2, 0) is 9.53 Å². The number of benzene rings is 1. The van der Waals surface area contributed by atoms with E-state index >= 15 is 0 Å². The predicted octanol–water partition coefficient (Wildman–Crippen LogP) is 3.48. The topological polar surface area (TPSA) is 63.7 Å². The van der Waals surface area contributed by atoms with E-state index in [1.807, 2.05) is 36.4 Å². The van der Waals surface area contributed by atoms with Crippen LogP contribution >= 0.6 is 15.9 Å². The van der Waals surface area contributed by atoms with Crippen LogP contribution in [0.3, 0.4) is 0 Å². The van der Waals surface area contributed by atoms with Crippen LogP contribution in [0.5, 0.6) is 5.75 Å². The molecule has 138 valence electrons. The van der Waals surface area contributed by atoms with Crippen molar-refractivity contribution in [3.63, 3.8) is 0 Å². The number of halogens is 1. The lowest BCUT2D eigenvalue weighted by atomic mass is 10.3. The molecule has 2 aromatic rings. The second-order valence-electron chi connectivity index (χ2n) is 5.93. The maximum atomic E-state index is 12.0. The molecule has 1 aromatic heterocycles. The number of morpholine rings is 1. The molecule has 1 aromatic carbocycles. The van der Waals surface area contributed by atoms with Crippen LogP contribution in [0.25, 0.3) is 0 Å². The Morgan fingerprint density at radius 1 is 1.23 bits per heavy atom. The van der Waals surface area contributed by atoms with Crippen LogP contribution in [0.15, 0.2) is 47.1 Å². The van der Waals surface area contributed by atoms with Crippen molar-refractivity contribution in [2.75, 3.05) is 43.1 Å². The summed E-state index contributed by atoms with van der Waals surface area (Å²) in [6.45, 7) is 3.69. The number of hydrogen-bond acceptors (Lipinski definition) is 5. The molecular formula is C19H22BrN3O3. The number of para-hydroxylation sites is 1. The maximum Gasteiger partial charge on any atom is 0.225 e. The highest BCUT2D eigenvalue weighted by molar-refractivity contribution is 9.10. The number of carbonyl (C=O) groups excluding carboxylic acids is 1. The number of nitrogens with zero attached hydrogens (tertiary/aromatic N) is 2. The van der Waals surface area contributed by atoms with E-state index in [0.717, 1.165) is 42.2 Å². The summed E-state index contributed by atoms with van der Waals surface area (Å²) in [7, 11) is 0. The highest BCUT2D eigenvalue weighted by atomic mass is 79.9. The summed E-state index contributed by atoms with van der Waals surface area (Å²) in [6, 6.07) is 11.5. The molecule has 0 unspecified atom stereocenters. The van der Waals surface area contributed by atoms with Gasteiger partial charge in [-0.3, -0.25) is 4.79 Å². The van der Waals surface area contributed by atoms with Gasteiger partial charge >= 0.3 is 0 Å². The minimum Gasteiger partial charge on any atom is -0.492 e. The summed E-state index contributed by atoms with van der Waals surface area (Å²) in [6.07, 6.45) is 2.81. The van der Waals surface area contributed by atoms with Crippen molar-refractivity contribution in [1.29, 1.82) is 0 Å². The van der Waals surface area contributed by atoms with Crippen molar-refractivity contribution >= 4 is 33.3 Å². The lowest BCUT2D eigenvalue weighted by Gasteiger charge is -2.28. The Labute approximate surface area is 161 Å². The highest BCUT2D eigenvalue weighted by Gasteiger charge is 2.11. The molecule has 6 nitrogen and oxygen atoms in total. The Bertz CT molecular complexity index is 718. The normalized spacial score (nSPS) is 14.1. The second kappa shape index (κ2) is 9.54. The van der Waals surface area contributed by atoms with Crippen molar-refractivity contribution in [3.05, 3.63) is 47.1 Å². The van der Waals surface area contributed by atoms with Crippen molar-refractivity contribution in [3.8, 4) is 5.75 Å². The summed E-state index contributed by atoms with van der Waals surface area (Å²) in [5.41, 5.74) is 1.05. The van der Waals surface area contributed by atoms with Crippen LogP contribution in [0.1, 0.15) is 12.8 Å². The zero-order valence-corrected chi connectivity index (χ0v) is 16.1. The molecule has 0 atom stereocenters. The van der Waals surface area contributed by atoms with Gasteiger partial charge in [-0.25, -0.2) is 4.98 Å². The molecule has 1 saturated heterocycles. The molecule has 0 bridgehead atoms. The largest absolute Gasteiger partial charge is 0.492 e. The van der Waals surface area contributed by atoms with Crippen LogP contribution in [-0.4, -0.2) is 43.8 Å². The quantitative estimate of drug-likeness (QED) is 0.695. The van der Waals surface area contributed by atoms with E-state index < -0.39 is 0 Å². The molecule has 2 heterocycles. The molecule has 26 heavy (non-hydrogen) atoms. The number of rotatable bonds is 7. The Morgan fingerprint density at radius 2 is 2.04 bits per heavy atom. The molecule has 1 aliphatic rings. The Balaban J connectivity index is 1.39. The third-order valence-electron chi connectivity index (χ3n) is 4.03. The lowest BCUT2D eigenvalue weighted by molar-refractivity contribution is -0.116. The number of ether oxygens (including phenoxy) is 2. The second-order valence-corrected chi connectivity index (χ2v) is 6.79. The first-order chi connectivity index (χ1) is 12.7. The van der Waals surface area contributed by atoms with Gasteiger partial charge in [0, 0.05) is 19.5 Å². The van der Waals surface area contributed by atoms with E-state index in [2.05, 4.69) is 31.1 Å². The number of pyridine rings is 1. The Hall–Kier alpha value is -2.12. The van der Waals surface area contributed by atoms with E-state index in [-0.39, 0.29) is 5.91 Å². The van der Waals surface area contributed by atoms with Gasteiger partial charge < -0.3 is 19.7 Å². The fourth-order valence-electron chi connectivity index (χ4n) is 2.65. The maximum absolute atomic E-state index is 12.0. The monoisotopic (exact) mass is 419 g/mol. The summed E-state index contributed by atoms with van der Waals surface area (Å²) in [4.78, 5) is 18.6. The zero-order valence-electron chi connectivity index (χ0n) is 14.5. The third-order valence-corrected chi connectivity index (χ3v) is 4.69. The minimum atomic E-state index is -0.0626. The minimum absolute atomic E-state index is 0.0626. The number of aromatic nitrogens is 1. The molecule has 0 spiro atoms. The zero-order chi connectivity index (χ0) is 18.2. The number of amides is 1. The summed E-state index contributed by atoms with van der Waals surface area (Å²) >= 11 is 3.43. The molecule has 1 aliphatic heterocycles. The molecular weight excluding hydrogens is 398 g/mol. The predicted molar refractivity (Wildman–Crippen MR) is 105 cm³/mol. The summed E-state index contributed by atoms with van der Waals surface area (Å²) in [5, 5.41) is 2.82. The van der Waals surface area contributed by atoms with E-state index in [9.17, 15) is 4.79 Å². The average Bonchev–Trinajstić information content (AvgIpc) is 2.68. The number of anilines is 2. The van der Waals surface area contributed by atoms with Gasteiger partial charge in [0.2, 0.25) is 5.91 Å². The van der Waals surface area contributed by atoms with Crippen molar-refractivity contribution in [2.24, 2.45) is 0 Å². The molecule has 1 amide bonds. The molecule has 0 aliphatic carbocycles. The first-order valence-electron chi connectivity index (χ1n) is 8.68. The smallest absolute Gasteiger partial charge is 0.225 e. The number of nitrogens with one attached hydrogen (secondary N) is 1. The molecule has 1 fully saturated rings. The first-order valence-corrected chi connectivity index (χ1v) is 9.47. The van der Waals surface area contributed by atoms with Gasteiger partial charge in [-0.2, -0.15) is 0 Å². The summed E-state index contributed by atoms with van der Waals surface area (Å²) in [5.74, 6) is 1.29. The Kier molecular flexibility index (Phi) is 6.85. The molecule has 0 radical (unpaired) electrons. The number of hydrogen-bond donors (Lipinski definition) is 1. The van der Waals surface area contributed by atoms with Crippen molar-refractivity contribution in [2.45, 2.75) is 12.8 Å². The summed E-state index contributed by atoms with van der Waals surface area (Å²) < 4.78 is 11.9. The fraction of sp³-hybridized carbons (Fsp3) is 0.368. The average molecular weight is 420 g/mol. The van der Waals surface area contributed by atoms with Crippen LogP contribution < -0.4 is 15.0 Å². The van der Waals surface area contributed by atoms with Crippen LogP contribution in [0.4, 0.5) is 11.5 Å². The van der Waals surface area contributed by atoms with Crippen molar-refractivity contribution in [1.82, 2.24) is 4.98 Å². The van der Waals surface area contributed by atoms with Crippen LogP contribution in [0, 0.1) is 0 Å². The highest BCUT2D eigenvalue weighted by Crippen LogP contribution is 2.24. The number of carbonyl (C=O) groups is 1. The third kappa shape index (κ3) is 5.44. The molecule has 7 heteroatoms. The van der Waals surface area contributed by atoms with Gasteiger partial charge in [-0.05, 0) is 46.6 Å². The van der Waals surface area contributed by atoms with E-state index in [4.69, 9.17) is 9.47 Å². The molecule has 3 rings (SSSR count). The standard InChI is InChI=1S/C19H22BrN3O3/c20-16-4-1-2-5-17(16)26-11-3-6-19(24)22-18-8-7-15(14-21-18)23-9-12-25-13-10-23/h1-2,4-5,7-8,14H,3,6,9-13H2,(H,21,22,24). The molecule has 1 N–H and O–H groups in total. The fourth-order valence-corrected chi connectivity index (χ4v) is 3.05. The first kappa shape index (κ1) is 18.7. The Morgan fingerprint density at radius 3 is 2.77 bits per heavy atom. The SMILES string of the molecule is O=C(CCCOc1ccccc1Br)Nc1ccc(N2CCOCC2)cn1. The van der Waals surface area contributed by atoms with E-state index in [1.54, 1.807) is 6.20 Å². The molecule has 0 saturated carbocycles. The van der Waals surface area contributed by atoms with Gasteiger partial charge in [-0.1, -0.05) is 12.1 Å². The van der Waals surface area contributed by atoms with Gasteiger partial charge in [0.05, 0.1) is 36.2 Å². The van der Waals surface area contributed by atoms with E-state index in [1.165, 1.54) is 0 Å². The van der Waals surface area contributed by atoms with Crippen LogP contribution in [0.2, 0.25) is 0 Å². The van der Waals surface area contributed by atoms with Gasteiger partial charge in [0.1, 0.15) is 11.6 Å². The van der Waals surface area contributed by atoms with E-state index in [0.29, 0.717) is 25.3 Å². The van der Waals surface area contributed by atoms with Gasteiger partial charge in [-0.15, -0.1) is 0 Å². The van der Waals surface area contributed by atoms with Gasteiger partial charge in [0.25, 0.3) is 0 Å². The van der Waals surface area contributed by atoms with Crippen molar-refractivity contribution < 1.29 is 14.3 Å². The lowest BCUT2D eigenvalue weighted by Crippen LogP contribution is -2.36.